The summed E-state index contributed by atoms with van der Waals surface area (Å²) in [6.07, 6.45) is 1.97. The number of carbonyl (C=O) groups is 3. The van der Waals surface area contributed by atoms with Crippen molar-refractivity contribution in [2.75, 3.05) is 13.1 Å². The van der Waals surface area contributed by atoms with Crippen LogP contribution in [0.25, 0.3) is 0 Å². The van der Waals surface area contributed by atoms with Gasteiger partial charge in [-0.2, -0.15) is 0 Å². The third-order valence-corrected chi connectivity index (χ3v) is 3.01. The van der Waals surface area contributed by atoms with Crippen LogP contribution in [0.2, 0.25) is 0 Å². The number of rotatable bonds is 3. The molecule has 6 heteroatoms. The van der Waals surface area contributed by atoms with Crippen LogP contribution >= 0.6 is 0 Å². The van der Waals surface area contributed by atoms with E-state index in [0.717, 1.165) is 17.7 Å². The highest BCUT2D eigenvalue weighted by atomic mass is 16.2. The highest BCUT2D eigenvalue weighted by Crippen LogP contribution is 2.19. The maximum atomic E-state index is 12.0. The Morgan fingerprint density at radius 3 is 2.71 bits per heavy atom. The molecule has 0 spiro atoms. The van der Waals surface area contributed by atoms with Gasteiger partial charge in [0.25, 0.3) is 0 Å². The molecule has 17 heavy (non-hydrogen) atoms. The number of carbonyl (C=O) groups excluding carboxylic acids is 3. The lowest BCUT2D eigenvalue weighted by Gasteiger charge is -2.36. The molecular formula is C11H17N3O3. The van der Waals surface area contributed by atoms with Gasteiger partial charge < -0.3 is 5.32 Å². The van der Waals surface area contributed by atoms with Gasteiger partial charge in [-0.1, -0.05) is 0 Å². The maximum absolute atomic E-state index is 12.0. The highest BCUT2D eigenvalue weighted by Gasteiger charge is 2.40. The molecule has 0 unspecified atom stereocenters. The van der Waals surface area contributed by atoms with Crippen molar-refractivity contribution in [3.8, 4) is 0 Å². The Balaban J connectivity index is 1.98. The number of imide groups is 1. The van der Waals surface area contributed by atoms with E-state index in [9.17, 15) is 14.4 Å². The molecular weight excluding hydrogens is 222 g/mol. The van der Waals surface area contributed by atoms with Crippen LogP contribution in [-0.4, -0.2) is 47.3 Å². The van der Waals surface area contributed by atoms with E-state index >= 15 is 0 Å². The lowest BCUT2D eigenvalue weighted by molar-refractivity contribution is -0.154. The Bertz CT molecular complexity index is 374. The van der Waals surface area contributed by atoms with Crippen molar-refractivity contribution in [3.05, 3.63) is 0 Å². The Labute approximate surface area is 99.7 Å². The molecule has 2 N–H and O–H groups in total. The van der Waals surface area contributed by atoms with Crippen molar-refractivity contribution in [1.29, 1.82) is 0 Å². The minimum Gasteiger partial charge on any atom is -0.352 e. The van der Waals surface area contributed by atoms with E-state index in [1.165, 1.54) is 0 Å². The van der Waals surface area contributed by atoms with Crippen LogP contribution in [0, 0.1) is 0 Å². The molecule has 0 bridgehead atoms. The standard InChI is InChI=1S/C11H17N3O3/c1-11(2)10(17)14(9(16)5-12-11)6-8(15)13-7-3-4-7/h7,12H,3-6H2,1-2H3,(H,13,15). The van der Waals surface area contributed by atoms with Gasteiger partial charge in [0.05, 0.1) is 12.1 Å². The molecule has 1 saturated carbocycles. The Kier molecular flexibility index (Phi) is 2.91. The predicted molar refractivity (Wildman–Crippen MR) is 60.0 cm³/mol. The summed E-state index contributed by atoms with van der Waals surface area (Å²) in [4.78, 5) is 36.2. The molecule has 0 aromatic rings. The topological polar surface area (TPSA) is 78.5 Å². The van der Waals surface area contributed by atoms with Crippen LogP contribution in [0.15, 0.2) is 0 Å². The van der Waals surface area contributed by atoms with Gasteiger partial charge in [0.1, 0.15) is 6.54 Å². The summed E-state index contributed by atoms with van der Waals surface area (Å²) in [6, 6.07) is 0.239. The number of hydrogen-bond donors (Lipinski definition) is 2. The van der Waals surface area contributed by atoms with Gasteiger partial charge in [-0.3, -0.25) is 24.6 Å². The first-order valence-electron chi connectivity index (χ1n) is 5.79. The van der Waals surface area contributed by atoms with Gasteiger partial charge in [-0.05, 0) is 26.7 Å². The monoisotopic (exact) mass is 239 g/mol. The first-order valence-corrected chi connectivity index (χ1v) is 5.79. The van der Waals surface area contributed by atoms with E-state index < -0.39 is 5.54 Å². The summed E-state index contributed by atoms with van der Waals surface area (Å²) in [7, 11) is 0. The van der Waals surface area contributed by atoms with E-state index in [4.69, 9.17) is 0 Å². The highest BCUT2D eigenvalue weighted by molar-refractivity contribution is 6.05. The second-order valence-corrected chi connectivity index (χ2v) is 5.11. The molecule has 1 aliphatic heterocycles. The van der Waals surface area contributed by atoms with Crippen molar-refractivity contribution >= 4 is 17.7 Å². The third kappa shape index (κ3) is 2.63. The summed E-state index contributed by atoms with van der Waals surface area (Å²) in [5.41, 5.74) is -0.784. The summed E-state index contributed by atoms with van der Waals surface area (Å²) >= 11 is 0. The first kappa shape index (κ1) is 12.0. The number of piperazine rings is 1. The molecule has 6 nitrogen and oxygen atoms in total. The number of nitrogens with one attached hydrogen (secondary N) is 2. The fourth-order valence-corrected chi connectivity index (χ4v) is 1.72. The molecule has 1 saturated heterocycles. The fraction of sp³-hybridized carbons (Fsp3) is 0.727. The van der Waals surface area contributed by atoms with E-state index in [-0.39, 0.29) is 36.9 Å². The van der Waals surface area contributed by atoms with Crippen LogP contribution in [0.4, 0.5) is 0 Å². The van der Waals surface area contributed by atoms with E-state index in [1.54, 1.807) is 13.8 Å². The molecule has 94 valence electrons. The van der Waals surface area contributed by atoms with Crippen molar-refractivity contribution in [1.82, 2.24) is 15.5 Å². The SMILES string of the molecule is CC1(C)NCC(=O)N(CC(=O)NC2CC2)C1=O. The van der Waals surface area contributed by atoms with E-state index in [1.807, 2.05) is 0 Å². The van der Waals surface area contributed by atoms with Crippen molar-refractivity contribution in [2.45, 2.75) is 38.3 Å². The molecule has 1 aliphatic carbocycles. The average molecular weight is 239 g/mol. The smallest absolute Gasteiger partial charge is 0.249 e. The van der Waals surface area contributed by atoms with Crippen LogP contribution in [0.1, 0.15) is 26.7 Å². The van der Waals surface area contributed by atoms with Crippen LogP contribution in [-0.2, 0) is 14.4 Å². The van der Waals surface area contributed by atoms with Gasteiger partial charge in [0, 0.05) is 6.04 Å². The van der Waals surface area contributed by atoms with Crippen molar-refractivity contribution in [2.24, 2.45) is 0 Å². The minimum absolute atomic E-state index is 0.0927. The number of nitrogens with zero attached hydrogens (tertiary/aromatic N) is 1. The van der Waals surface area contributed by atoms with Crippen molar-refractivity contribution < 1.29 is 14.4 Å². The van der Waals surface area contributed by atoms with E-state index in [2.05, 4.69) is 10.6 Å². The van der Waals surface area contributed by atoms with Gasteiger partial charge in [0.2, 0.25) is 17.7 Å². The second kappa shape index (κ2) is 4.10. The van der Waals surface area contributed by atoms with Crippen molar-refractivity contribution in [3.63, 3.8) is 0 Å². The quantitative estimate of drug-likeness (QED) is 0.619. The Morgan fingerprint density at radius 1 is 1.47 bits per heavy atom. The van der Waals surface area contributed by atoms with Gasteiger partial charge >= 0.3 is 0 Å². The lowest BCUT2D eigenvalue weighted by atomic mass is 10.0. The lowest BCUT2D eigenvalue weighted by Crippen LogP contribution is -2.64. The van der Waals surface area contributed by atoms with Gasteiger partial charge in [-0.25, -0.2) is 0 Å². The molecule has 3 amide bonds. The predicted octanol–water partition coefficient (Wildman–Crippen LogP) is -0.998. The molecule has 0 aromatic heterocycles. The molecule has 2 rings (SSSR count). The molecule has 0 atom stereocenters. The minimum atomic E-state index is -0.784. The molecule has 0 aromatic carbocycles. The zero-order valence-corrected chi connectivity index (χ0v) is 10.1. The van der Waals surface area contributed by atoms with Gasteiger partial charge in [0.15, 0.2) is 0 Å². The zero-order chi connectivity index (χ0) is 12.6. The van der Waals surface area contributed by atoms with Crippen LogP contribution < -0.4 is 10.6 Å². The zero-order valence-electron chi connectivity index (χ0n) is 10.1. The maximum Gasteiger partial charge on any atom is 0.249 e. The summed E-state index contributed by atoms with van der Waals surface area (Å²) in [5.74, 6) is -0.952. The van der Waals surface area contributed by atoms with Crippen LogP contribution in [0.3, 0.4) is 0 Å². The van der Waals surface area contributed by atoms with Crippen LogP contribution in [0.5, 0.6) is 0 Å². The molecule has 1 heterocycles. The average Bonchev–Trinajstić information content (AvgIpc) is 3.03. The Hall–Kier alpha value is -1.43. The Morgan fingerprint density at radius 2 is 2.12 bits per heavy atom. The number of amides is 3. The third-order valence-electron chi connectivity index (χ3n) is 3.01. The largest absolute Gasteiger partial charge is 0.352 e. The first-order chi connectivity index (χ1) is 7.90. The fourth-order valence-electron chi connectivity index (χ4n) is 1.72. The summed E-state index contributed by atoms with van der Waals surface area (Å²) < 4.78 is 0. The number of hydrogen-bond acceptors (Lipinski definition) is 4. The molecule has 0 radical (unpaired) electrons. The van der Waals surface area contributed by atoms with E-state index in [0.29, 0.717) is 0 Å². The molecule has 2 aliphatic rings. The second-order valence-electron chi connectivity index (χ2n) is 5.11. The summed E-state index contributed by atoms with van der Waals surface area (Å²) in [6.45, 7) is 3.33. The molecule has 2 fully saturated rings. The normalized spacial score (nSPS) is 23.8. The summed E-state index contributed by atoms with van der Waals surface area (Å²) in [5, 5.41) is 5.61. The van der Waals surface area contributed by atoms with Gasteiger partial charge in [-0.15, -0.1) is 0 Å².